The van der Waals surface area contributed by atoms with Crippen LogP contribution in [0.4, 0.5) is 0 Å². The van der Waals surface area contributed by atoms with Crippen molar-refractivity contribution in [2.75, 3.05) is 0 Å². The topological polar surface area (TPSA) is 17.0 Å². The van der Waals surface area contributed by atoms with Crippen molar-refractivity contribution >= 4 is 11.6 Å². The lowest BCUT2D eigenvalue weighted by Gasteiger charge is -2.15. The molecule has 1 aromatic carbocycles. The Morgan fingerprint density at radius 1 is 1.25 bits per heavy atom. The Morgan fingerprint density at radius 2 is 2.00 bits per heavy atom. The maximum atomic E-state index is 6.04. The highest BCUT2D eigenvalue weighted by molar-refractivity contribution is 6.30. The van der Waals surface area contributed by atoms with Crippen LogP contribution in [0, 0.1) is 13.8 Å². The Bertz CT molecular complexity index is 587. The molecule has 0 amide bonds. The molecule has 0 radical (unpaired) electrons. The van der Waals surface area contributed by atoms with Crippen LogP contribution in [0.5, 0.6) is 0 Å². The third kappa shape index (κ3) is 3.25. The zero-order valence-corrected chi connectivity index (χ0v) is 13.5. The molecule has 1 heterocycles. The molecule has 1 N–H and O–H groups in total. The summed E-state index contributed by atoms with van der Waals surface area (Å²) in [7, 11) is 0. The van der Waals surface area contributed by atoms with E-state index in [2.05, 4.69) is 49.7 Å². The summed E-state index contributed by atoms with van der Waals surface area (Å²) in [6.45, 7) is 10.6. The van der Waals surface area contributed by atoms with E-state index in [0.29, 0.717) is 6.04 Å². The van der Waals surface area contributed by atoms with Crippen LogP contribution in [0.3, 0.4) is 0 Å². The van der Waals surface area contributed by atoms with Crippen molar-refractivity contribution < 1.29 is 0 Å². The fraction of sp³-hybridized carbons (Fsp3) is 0.412. The third-order valence-electron chi connectivity index (χ3n) is 3.94. The molecular weight excluding hydrogens is 268 g/mol. The predicted octanol–water partition coefficient (Wildman–Crippen LogP) is 4.63. The van der Waals surface area contributed by atoms with Crippen LogP contribution < -0.4 is 5.32 Å². The zero-order valence-electron chi connectivity index (χ0n) is 12.7. The Balaban J connectivity index is 2.05. The van der Waals surface area contributed by atoms with Crippen molar-refractivity contribution in [1.29, 1.82) is 0 Å². The summed E-state index contributed by atoms with van der Waals surface area (Å²) in [5.41, 5.74) is 5.29. The normalized spacial score (nSPS) is 12.7. The van der Waals surface area contributed by atoms with Gasteiger partial charge in [-0.3, -0.25) is 0 Å². The summed E-state index contributed by atoms with van der Waals surface area (Å²) in [6.07, 6.45) is 0. The summed E-state index contributed by atoms with van der Waals surface area (Å²) in [5, 5.41) is 4.37. The Kier molecular flexibility index (Phi) is 4.90. The van der Waals surface area contributed by atoms with Crippen LogP contribution in [-0.4, -0.2) is 4.57 Å². The van der Waals surface area contributed by atoms with E-state index in [4.69, 9.17) is 11.6 Å². The molecule has 0 aliphatic rings. The molecule has 0 saturated carbocycles. The standard InChI is InChI=1S/C17H23ClN2/c1-5-20-12(2)9-16(14(20)4)11-19-13(3)15-7-6-8-17(18)10-15/h6-10,13,19H,5,11H2,1-4H3/t13-/m1/s1. The first-order valence-electron chi connectivity index (χ1n) is 7.17. The van der Waals surface area contributed by atoms with Crippen LogP contribution in [-0.2, 0) is 13.1 Å². The summed E-state index contributed by atoms with van der Waals surface area (Å²) >= 11 is 6.04. The van der Waals surface area contributed by atoms with Gasteiger partial charge in [0.25, 0.3) is 0 Å². The second-order valence-electron chi connectivity index (χ2n) is 5.30. The van der Waals surface area contributed by atoms with E-state index >= 15 is 0 Å². The van der Waals surface area contributed by atoms with Crippen LogP contribution in [0.1, 0.15) is 42.4 Å². The van der Waals surface area contributed by atoms with E-state index in [1.165, 1.54) is 22.5 Å². The van der Waals surface area contributed by atoms with Gasteiger partial charge in [0.1, 0.15) is 0 Å². The summed E-state index contributed by atoms with van der Waals surface area (Å²) < 4.78 is 2.35. The van der Waals surface area contributed by atoms with Gasteiger partial charge in [-0.25, -0.2) is 0 Å². The number of aromatic nitrogens is 1. The van der Waals surface area contributed by atoms with Gasteiger partial charge in [-0.2, -0.15) is 0 Å². The molecule has 0 spiro atoms. The van der Waals surface area contributed by atoms with Gasteiger partial charge in [0.2, 0.25) is 0 Å². The maximum Gasteiger partial charge on any atom is 0.0409 e. The lowest BCUT2D eigenvalue weighted by atomic mass is 10.1. The fourth-order valence-corrected chi connectivity index (χ4v) is 2.89. The number of nitrogens with one attached hydrogen (secondary N) is 1. The van der Waals surface area contributed by atoms with Crippen LogP contribution in [0.2, 0.25) is 5.02 Å². The highest BCUT2D eigenvalue weighted by Crippen LogP contribution is 2.19. The summed E-state index contributed by atoms with van der Waals surface area (Å²) in [6, 6.07) is 10.6. The molecule has 0 aliphatic carbocycles. The fourth-order valence-electron chi connectivity index (χ4n) is 2.69. The number of benzene rings is 1. The van der Waals surface area contributed by atoms with Gasteiger partial charge in [-0.15, -0.1) is 0 Å². The van der Waals surface area contributed by atoms with Gasteiger partial charge in [-0.05, 0) is 57.0 Å². The minimum Gasteiger partial charge on any atom is -0.349 e. The van der Waals surface area contributed by atoms with Gasteiger partial charge in [0.05, 0.1) is 0 Å². The molecule has 0 unspecified atom stereocenters. The Hall–Kier alpha value is -1.25. The third-order valence-corrected chi connectivity index (χ3v) is 4.18. The molecule has 3 heteroatoms. The number of halogens is 1. The first-order valence-corrected chi connectivity index (χ1v) is 7.55. The Labute approximate surface area is 126 Å². The highest BCUT2D eigenvalue weighted by atomic mass is 35.5. The van der Waals surface area contributed by atoms with Crippen molar-refractivity contribution in [2.45, 2.75) is 46.8 Å². The molecule has 1 aromatic heterocycles. The molecule has 20 heavy (non-hydrogen) atoms. The smallest absolute Gasteiger partial charge is 0.0409 e. The van der Waals surface area contributed by atoms with E-state index in [1.54, 1.807) is 0 Å². The van der Waals surface area contributed by atoms with Crippen molar-refractivity contribution in [3.63, 3.8) is 0 Å². The van der Waals surface area contributed by atoms with Crippen LogP contribution in [0.15, 0.2) is 30.3 Å². The van der Waals surface area contributed by atoms with E-state index in [9.17, 15) is 0 Å². The molecule has 0 bridgehead atoms. The first-order chi connectivity index (χ1) is 9.52. The van der Waals surface area contributed by atoms with E-state index in [1.807, 2.05) is 18.2 Å². The molecule has 0 fully saturated rings. The quantitative estimate of drug-likeness (QED) is 0.849. The molecule has 1 atom stereocenters. The van der Waals surface area contributed by atoms with Crippen LogP contribution in [0.25, 0.3) is 0 Å². The van der Waals surface area contributed by atoms with E-state index < -0.39 is 0 Å². The predicted molar refractivity (Wildman–Crippen MR) is 86.3 cm³/mol. The molecule has 2 rings (SSSR count). The van der Waals surface area contributed by atoms with E-state index in [-0.39, 0.29) is 0 Å². The van der Waals surface area contributed by atoms with E-state index in [0.717, 1.165) is 18.1 Å². The number of nitrogens with zero attached hydrogens (tertiary/aromatic N) is 1. The molecule has 2 aromatic rings. The largest absolute Gasteiger partial charge is 0.349 e. The average Bonchev–Trinajstić information content (AvgIpc) is 2.70. The molecule has 108 valence electrons. The number of aryl methyl sites for hydroxylation is 1. The second-order valence-corrected chi connectivity index (χ2v) is 5.73. The first kappa shape index (κ1) is 15.1. The number of rotatable bonds is 5. The van der Waals surface area contributed by atoms with Crippen molar-refractivity contribution in [3.05, 3.63) is 57.9 Å². The minimum absolute atomic E-state index is 0.290. The van der Waals surface area contributed by atoms with Crippen molar-refractivity contribution in [2.24, 2.45) is 0 Å². The van der Waals surface area contributed by atoms with Crippen molar-refractivity contribution in [1.82, 2.24) is 9.88 Å². The second kappa shape index (κ2) is 6.47. The molecule has 0 saturated heterocycles. The summed E-state index contributed by atoms with van der Waals surface area (Å²) in [5.74, 6) is 0. The van der Waals surface area contributed by atoms with Crippen molar-refractivity contribution in [3.8, 4) is 0 Å². The molecule has 0 aliphatic heterocycles. The maximum absolute atomic E-state index is 6.04. The van der Waals surface area contributed by atoms with Crippen LogP contribution >= 0.6 is 11.6 Å². The highest BCUT2D eigenvalue weighted by Gasteiger charge is 2.10. The minimum atomic E-state index is 0.290. The molecular formula is C17H23ClN2. The van der Waals surface area contributed by atoms with Gasteiger partial charge in [0, 0.05) is 35.5 Å². The number of hydrogen-bond acceptors (Lipinski definition) is 1. The lowest BCUT2D eigenvalue weighted by Crippen LogP contribution is -2.18. The Morgan fingerprint density at radius 3 is 2.60 bits per heavy atom. The van der Waals surface area contributed by atoms with Gasteiger partial charge in [-0.1, -0.05) is 23.7 Å². The van der Waals surface area contributed by atoms with Gasteiger partial charge >= 0.3 is 0 Å². The number of hydrogen-bond donors (Lipinski definition) is 1. The van der Waals surface area contributed by atoms with Gasteiger partial charge < -0.3 is 9.88 Å². The zero-order chi connectivity index (χ0) is 14.7. The lowest BCUT2D eigenvalue weighted by molar-refractivity contribution is 0.571. The monoisotopic (exact) mass is 290 g/mol. The summed E-state index contributed by atoms with van der Waals surface area (Å²) in [4.78, 5) is 0. The SMILES string of the molecule is CCn1c(C)cc(CN[C@H](C)c2cccc(Cl)c2)c1C. The molecule has 2 nitrogen and oxygen atoms in total. The van der Waals surface area contributed by atoms with Gasteiger partial charge in [0.15, 0.2) is 0 Å². The average molecular weight is 291 g/mol.